The lowest BCUT2D eigenvalue weighted by Crippen LogP contribution is -2.20. The summed E-state index contributed by atoms with van der Waals surface area (Å²) in [5.41, 5.74) is 4.02. The van der Waals surface area contributed by atoms with Crippen molar-refractivity contribution in [2.75, 3.05) is 53.2 Å². The van der Waals surface area contributed by atoms with Gasteiger partial charge < -0.3 is 61.4 Å². The molecule has 0 aliphatic carbocycles. The molecule has 0 aromatic heterocycles. The van der Waals surface area contributed by atoms with Gasteiger partial charge in [-0.3, -0.25) is 0 Å². The summed E-state index contributed by atoms with van der Waals surface area (Å²) in [7, 11) is 4.41. The van der Waals surface area contributed by atoms with Crippen molar-refractivity contribution in [3.63, 3.8) is 0 Å². The normalized spacial score (nSPS) is 10.3. The molecule has 0 aliphatic rings. The number of hydrogen-bond donors (Lipinski definition) is 9. The second-order valence-electron chi connectivity index (χ2n) is 14.3. The van der Waals surface area contributed by atoms with Crippen LogP contribution in [0.5, 0.6) is 34.5 Å². The number of hydrogen-bond acceptors (Lipinski definition) is 9. The number of fused-ring (bicyclic) bond motifs is 1. The number of anilines is 6. The van der Waals surface area contributed by atoms with E-state index in [-0.39, 0.29) is 54.4 Å². The number of carbonyl (C=O) groups excluding carboxylic acids is 3. The molecule has 0 bridgehead atoms. The molecular formula is C48H42Cl6N6O9. The Morgan fingerprint density at radius 3 is 1.29 bits per heavy atom. The van der Waals surface area contributed by atoms with Crippen molar-refractivity contribution in [2.45, 2.75) is 13.8 Å². The van der Waals surface area contributed by atoms with Crippen LogP contribution in [-0.4, -0.2) is 54.7 Å². The zero-order valence-corrected chi connectivity index (χ0v) is 41.5. The molecule has 7 aromatic rings. The number of rotatable bonds is 9. The number of aromatic hydroxyl groups is 3. The zero-order valence-electron chi connectivity index (χ0n) is 37.0. The van der Waals surface area contributed by atoms with E-state index in [0.29, 0.717) is 38.7 Å². The number of benzene rings is 7. The van der Waals surface area contributed by atoms with Crippen molar-refractivity contribution in [2.24, 2.45) is 0 Å². The molecule has 360 valence electrons. The van der Waals surface area contributed by atoms with Gasteiger partial charge in [0.15, 0.2) is 28.7 Å². The molecule has 9 N–H and O–H groups in total. The molecule has 0 spiro atoms. The molecule has 0 fully saturated rings. The highest BCUT2D eigenvalue weighted by molar-refractivity contribution is 6.37. The number of halogens is 6. The Morgan fingerprint density at radius 1 is 0.449 bits per heavy atom. The number of phenols is 3. The predicted molar refractivity (Wildman–Crippen MR) is 278 cm³/mol. The van der Waals surface area contributed by atoms with Crippen LogP contribution in [0.4, 0.5) is 48.5 Å². The van der Waals surface area contributed by atoms with Gasteiger partial charge >= 0.3 is 18.1 Å². The number of methoxy groups -OCH3 is 3. The third-order valence-corrected chi connectivity index (χ3v) is 11.0. The molecule has 0 radical (unpaired) electrons. The third-order valence-electron chi connectivity index (χ3n) is 9.51. The number of aryl methyl sites for hydroxylation is 2. The number of nitrogens with one attached hydrogen (secondary N) is 6. The van der Waals surface area contributed by atoms with Crippen LogP contribution in [0.25, 0.3) is 10.8 Å². The van der Waals surface area contributed by atoms with Gasteiger partial charge in [-0.1, -0.05) is 124 Å². The first-order chi connectivity index (χ1) is 32.8. The molecule has 0 unspecified atom stereocenters. The quantitative estimate of drug-likeness (QED) is 0.0629. The average molecular weight is 1060 g/mol. The first-order valence-electron chi connectivity index (χ1n) is 19.9. The molecule has 6 amide bonds. The summed E-state index contributed by atoms with van der Waals surface area (Å²) in [5.74, 6) is 0.416. The van der Waals surface area contributed by atoms with Gasteiger partial charge in [0.25, 0.3) is 0 Å². The summed E-state index contributed by atoms with van der Waals surface area (Å²) in [4.78, 5) is 36.4. The Labute approximate surface area is 426 Å². The SMILES string of the molecule is COc1cc(NC(=O)Nc2cc(Cl)cc(Cl)c2O)cc(OC)c1OC.Cc1cccc(C)c1NC(=O)Nc1cc(Cl)cc(Cl)c1O.O=C(Nc1cc(Cl)cc(Cl)c1O)Nc1cccc2ccccc12. The summed E-state index contributed by atoms with van der Waals surface area (Å²) in [5, 5.41) is 48.2. The van der Waals surface area contributed by atoms with E-state index in [1.165, 1.54) is 57.7 Å². The lowest BCUT2D eigenvalue weighted by Gasteiger charge is -2.15. The average Bonchev–Trinajstić information content (AvgIpc) is 3.30. The molecule has 69 heavy (non-hydrogen) atoms. The number of amides is 6. The van der Waals surface area contributed by atoms with Crippen molar-refractivity contribution in [3.05, 3.63) is 150 Å². The van der Waals surface area contributed by atoms with Gasteiger partial charge in [-0.05, 0) is 72.8 Å². The highest BCUT2D eigenvalue weighted by Gasteiger charge is 2.17. The highest BCUT2D eigenvalue weighted by atomic mass is 35.5. The monoisotopic (exact) mass is 1060 g/mol. The van der Waals surface area contributed by atoms with E-state index in [4.69, 9.17) is 83.8 Å². The first kappa shape index (κ1) is 53.1. The Bertz CT molecular complexity index is 2980. The molecule has 15 nitrogen and oxygen atoms in total. The second kappa shape index (κ2) is 24.4. The molecule has 0 saturated carbocycles. The number of carbonyl (C=O) groups is 3. The fourth-order valence-electron chi connectivity index (χ4n) is 6.31. The molecular weight excluding hydrogens is 1020 g/mol. The minimum atomic E-state index is -0.622. The van der Waals surface area contributed by atoms with Crippen LogP contribution in [-0.2, 0) is 0 Å². The fourth-order valence-corrected chi connectivity index (χ4v) is 7.79. The van der Waals surface area contributed by atoms with Gasteiger partial charge in [0.1, 0.15) is 0 Å². The van der Waals surface area contributed by atoms with Gasteiger partial charge in [0, 0.05) is 38.3 Å². The van der Waals surface area contributed by atoms with Gasteiger partial charge in [-0.15, -0.1) is 0 Å². The van der Waals surface area contributed by atoms with Crippen LogP contribution >= 0.6 is 69.6 Å². The highest BCUT2D eigenvalue weighted by Crippen LogP contribution is 2.41. The van der Waals surface area contributed by atoms with Crippen molar-refractivity contribution < 1.29 is 43.9 Å². The number of ether oxygens (including phenoxy) is 3. The third kappa shape index (κ3) is 14.3. The minimum Gasteiger partial charge on any atom is -0.504 e. The van der Waals surface area contributed by atoms with Crippen LogP contribution in [0, 0.1) is 13.8 Å². The maximum Gasteiger partial charge on any atom is 0.323 e. The zero-order chi connectivity index (χ0) is 50.5. The summed E-state index contributed by atoms with van der Waals surface area (Å²) in [6.07, 6.45) is 0. The summed E-state index contributed by atoms with van der Waals surface area (Å²) >= 11 is 35.1. The van der Waals surface area contributed by atoms with Crippen molar-refractivity contribution in [3.8, 4) is 34.5 Å². The van der Waals surface area contributed by atoms with Gasteiger partial charge in [0.2, 0.25) is 5.75 Å². The molecule has 0 heterocycles. The van der Waals surface area contributed by atoms with Crippen molar-refractivity contribution in [1.82, 2.24) is 0 Å². The van der Waals surface area contributed by atoms with Crippen LogP contribution < -0.4 is 46.1 Å². The topological polar surface area (TPSA) is 212 Å². The molecule has 0 aliphatic heterocycles. The lowest BCUT2D eigenvalue weighted by atomic mass is 10.1. The number of para-hydroxylation sites is 1. The minimum absolute atomic E-state index is 0.0237. The number of urea groups is 3. The molecule has 0 saturated heterocycles. The smallest absolute Gasteiger partial charge is 0.323 e. The largest absolute Gasteiger partial charge is 0.504 e. The van der Waals surface area contributed by atoms with Crippen LogP contribution in [0.2, 0.25) is 30.1 Å². The number of phenolic OH excluding ortho intramolecular Hbond substituents is 3. The van der Waals surface area contributed by atoms with Crippen molar-refractivity contribution in [1.29, 1.82) is 0 Å². The van der Waals surface area contributed by atoms with Gasteiger partial charge in [-0.2, -0.15) is 0 Å². The standard InChI is InChI=1S/C17H12Cl2N2O2.C16H16Cl2N2O5.C15H14Cl2N2O2/c18-11-8-13(19)16(22)15(9-11)21-17(23)20-14-7-3-5-10-4-1-2-6-12(10)14;1-23-12-6-9(7-13(24-2)15(12)25-3)19-16(22)20-11-5-8(17)4-10(18)14(11)21;1-8-4-3-5-9(2)13(8)19-15(21)18-12-7-10(16)6-11(17)14(12)20/h1-9,22H,(H2,20,21,23);4-7,21H,1-3H3,(H2,19,20,22);3-7,20H,1-2H3,(H2,18,19,21). The second-order valence-corrected chi connectivity index (χ2v) is 16.8. The maximum atomic E-state index is 12.2. The Balaban J connectivity index is 0.000000194. The van der Waals surface area contributed by atoms with Gasteiger partial charge in [-0.25, -0.2) is 14.4 Å². The predicted octanol–water partition coefficient (Wildman–Crippen LogP) is 14.8. The van der Waals surface area contributed by atoms with Crippen LogP contribution in [0.15, 0.2) is 109 Å². The van der Waals surface area contributed by atoms with Crippen molar-refractivity contribution >= 4 is 133 Å². The Morgan fingerprint density at radius 2 is 0.841 bits per heavy atom. The first-order valence-corrected chi connectivity index (χ1v) is 22.2. The summed E-state index contributed by atoms with van der Waals surface area (Å²) in [6, 6.07) is 28.9. The van der Waals surface area contributed by atoms with E-state index in [9.17, 15) is 29.7 Å². The van der Waals surface area contributed by atoms with Crippen LogP contribution in [0.3, 0.4) is 0 Å². The molecule has 21 heteroatoms. The van der Waals surface area contributed by atoms with E-state index >= 15 is 0 Å². The summed E-state index contributed by atoms with van der Waals surface area (Å²) in [6.45, 7) is 3.80. The Kier molecular flexibility index (Phi) is 18.8. The fraction of sp³-hybridized carbons (Fsp3) is 0.104. The van der Waals surface area contributed by atoms with E-state index in [1.807, 2.05) is 68.4 Å². The van der Waals surface area contributed by atoms with Crippen LogP contribution in [0.1, 0.15) is 11.1 Å². The van der Waals surface area contributed by atoms with E-state index < -0.39 is 18.1 Å². The van der Waals surface area contributed by atoms with E-state index in [1.54, 1.807) is 18.2 Å². The summed E-state index contributed by atoms with van der Waals surface area (Å²) < 4.78 is 15.7. The Hall–Kier alpha value is -6.85. The van der Waals surface area contributed by atoms with Gasteiger partial charge in [0.05, 0.1) is 64.8 Å². The van der Waals surface area contributed by atoms with E-state index in [0.717, 1.165) is 27.6 Å². The van der Waals surface area contributed by atoms with E-state index in [2.05, 4.69) is 31.9 Å². The maximum absolute atomic E-state index is 12.2. The molecule has 7 aromatic carbocycles. The molecule has 0 atom stereocenters. The molecule has 7 rings (SSSR count). The lowest BCUT2D eigenvalue weighted by molar-refractivity contribution is 0.261.